The Hall–Kier alpha value is -0.580. The summed E-state index contributed by atoms with van der Waals surface area (Å²) < 4.78 is 6.18. The number of benzene rings is 1. The Morgan fingerprint density at radius 3 is 2.65 bits per heavy atom. The minimum atomic E-state index is -0.554. The molecule has 0 aliphatic rings. The largest absolute Gasteiger partial charge is 0.496 e. The predicted molar refractivity (Wildman–Crippen MR) is 73.4 cm³/mol. The van der Waals surface area contributed by atoms with Gasteiger partial charge >= 0.3 is 0 Å². The van der Waals surface area contributed by atoms with Crippen molar-refractivity contribution in [2.45, 2.75) is 20.0 Å². The molecule has 1 aromatic carbocycles. The van der Waals surface area contributed by atoms with Crippen LogP contribution >= 0.6 is 15.9 Å². The van der Waals surface area contributed by atoms with E-state index in [9.17, 15) is 5.11 Å². The van der Waals surface area contributed by atoms with E-state index < -0.39 is 6.10 Å². The average Bonchev–Trinajstić information content (AvgIpc) is 2.28. The van der Waals surface area contributed by atoms with Crippen LogP contribution in [-0.2, 0) is 0 Å². The third-order valence-electron chi connectivity index (χ3n) is 2.44. The molecule has 0 saturated heterocycles. The number of rotatable bonds is 6. The van der Waals surface area contributed by atoms with Crippen molar-refractivity contribution in [3.8, 4) is 5.75 Å². The van der Waals surface area contributed by atoms with Gasteiger partial charge in [0.1, 0.15) is 5.75 Å². The Morgan fingerprint density at radius 2 is 2.06 bits per heavy atom. The molecule has 0 spiro atoms. The lowest BCUT2D eigenvalue weighted by Crippen LogP contribution is -2.25. The fourth-order valence-electron chi connectivity index (χ4n) is 1.58. The second-order valence-electron chi connectivity index (χ2n) is 4.45. The maximum absolute atomic E-state index is 10.1. The fraction of sp³-hybridized carbons (Fsp3) is 0.538. The smallest absolute Gasteiger partial charge is 0.124 e. The molecule has 4 heteroatoms. The van der Waals surface area contributed by atoms with Crippen molar-refractivity contribution in [3.05, 3.63) is 28.2 Å². The summed E-state index contributed by atoms with van der Waals surface area (Å²) >= 11 is 3.40. The first-order valence-electron chi connectivity index (χ1n) is 5.76. The van der Waals surface area contributed by atoms with Crippen molar-refractivity contribution >= 4 is 15.9 Å². The zero-order valence-corrected chi connectivity index (χ0v) is 12.1. The first kappa shape index (κ1) is 14.5. The number of nitrogens with one attached hydrogen (secondary N) is 1. The van der Waals surface area contributed by atoms with E-state index >= 15 is 0 Å². The van der Waals surface area contributed by atoms with E-state index in [0.29, 0.717) is 18.2 Å². The van der Waals surface area contributed by atoms with Gasteiger partial charge in [0.2, 0.25) is 0 Å². The summed E-state index contributed by atoms with van der Waals surface area (Å²) in [5, 5.41) is 13.3. The van der Waals surface area contributed by atoms with Crippen molar-refractivity contribution < 1.29 is 9.84 Å². The highest BCUT2D eigenvalue weighted by molar-refractivity contribution is 9.10. The summed E-state index contributed by atoms with van der Waals surface area (Å²) in [6, 6.07) is 5.64. The number of hydrogen-bond acceptors (Lipinski definition) is 3. The van der Waals surface area contributed by atoms with Crippen LogP contribution in [0, 0.1) is 5.92 Å². The summed E-state index contributed by atoms with van der Waals surface area (Å²) in [4.78, 5) is 0. The molecule has 17 heavy (non-hydrogen) atoms. The van der Waals surface area contributed by atoms with E-state index in [4.69, 9.17) is 4.74 Å². The maximum atomic E-state index is 10.1. The van der Waals surface area contributed by atoms with Gasteiger partial charge in [0.25, 0.3) is 0 Å². The van der Waals surface area contributed by atoms with Crippen molar-refractivity contribution in [2.24, 2.45) is 5.92 Å². The SMILES string of the molecule is COc1ccc(Br)cc1C(O)CNCC(C)C. The number of halogens is 1. The van der Waals surface area contributed by atoms with E-state index in [1.807, 2.05) is 18.2 Å². The first-order chi connectivity index (χ1) is 8.04. The highest BCUT2D eigenvalue weighted by Crippen LogP contribution is 2.28. The van der Waals surface area contributed by atoms with Gasteiger partial charge < -0.3 is 15.2 Å². The summed E-state index contributed by atoms with van der Waals surface area (Å²) in [6.07, 6.45) is -0.554. The monoisotopic (exact) mass is 301 g/mol. The van der Waals surface area contributed by atoms with E-state index in [-0.39, 0.29) is 0 Å². The molecule has 1 unspecified atom stereocenters. The molecular formula is C13H20BrNO2. The van der Waals surface area contributed by atoms with Crippen molar-refractivity contribution in [2.75, 3.05) is 20.2 Å². The quantitative estimate of drug-likeness (QED) is 0.849. The zero-order valence-electron chi connectivity index (χ0n) is 10.5. The molecule has 0 aliphatic heterocycles. The van der Waals surface area contributed by atoms with E-state index in [1.165, 1.54) is 0 Å². The van der Waals surface area contributed by atoms with Crippen molar-refractivity contribution in [1.82, 2.24) is 5.32 Å². The van der Waals surface area contributed by atoms with Crippen LogP contribution in [0.5, 0.6) is 5.75 Å². The van der Waals surface area contributed by atoms with Crippen LogP contribution in [0.3, 0.4) is 0 Å². The fourth-order valence-corrected chi connectivity index (χ4v) is 1.96. The van der Waals surface area contributed by atoms with Crippen molar-refractivity contribution in [3.63, 3.8) is 0 Å². The standard InChI is InChI=1S/C13H20BrNO2/c1-9(2)7-15-8-12(16)11-6-10(14)4-5-13(11)17-3/h4-6,9,12,15-16H,7-8H2,1-3H3. The predicted octanol–water partition coefficient (Wildman–Crippen LogP) is 2.74. The third kappa shape index (κ3) is 4.66. The van der Waals surface area contributed by atoms with Crippen LogP contribution in [-0.4, -0.2) is 25.3 Å². The van der Waals surface area contributed by atoms with Gasteiger partial charge in [0, 0.05) is 16.6 Å². The van der Waals surface area contributed by atoms with Gasteiger partial charge in [-0.25, -0.2) is 0 Å². The lowest BCUT2D eigenvalue weighted by molar-refractivity contribution is 0.169. The summed E-state index contributed by atoms with van der Waals surface area (Å²) in [7, 11) is 1.61. The van der Waals surface area contributed by atoms with Crippen LogP contribution in [0.2, 0.25) is 0 Å². The number of aliphatic hydroxyl groups is 1. The lowest BCUT2D eigenvalue weighted by Gasteiger charge is -2.16. The molecule has 0 radical (unpaired) electrons. The van der Waals surface area contributed by atoms with Crippen LogP contribution < -0.4 is 10.1 Å². The molecular weight excluding hydrogens is 282 g/mol. The Labute approximate surface area is 111 Å². The normalized spacial score (nSPS) is 12.8. The first-order valence-corrected chi connectivity index (χ1v) is 6.56. The van der Waals surface area contributed by atoms with Gasteiger partial charge in [-0.3, -0.25) is 0 Å². The Morgan fingerprint density at radius 1 is 1.35 bits per heavy atom. The van der Waals surface area contributed by atoms with Crippen LogP contribution in [0.1, 0.15) is 25.5 Å². The number of hydrogen-bond donors (Lipinski definition) is 2. The van der Waals surface area contributed by atoms with Crippen molar-refractivity contribution in [1.29, 1.82) is 0 Å². The van der Waals surface area contributed by atoms with E-state index in [2.05, 4.69) is 35.1 Å². The van der Waals surface area contributed by atoms with Gasteiger partial charge in [0.15, 0.2) is 0 Å². The molecule has 0 bridgehead atoms. The van der Waals surface area contributed by atoms with Gasteiger partial charge in [-0.15, -0.1) is 0 Å². The summed E-state index contributed by atoms with van der Waals surface area (Å²) in [5.41, 5.74) is 0.804. The molecule has 0 aliphatic carbocycles. The molecule has 0 heterocycles. The Balaban J connectivity index is 2.66. The maximum Gasteiger partial charge on any atom is 0.124 e. The number of aliphatic hydroxyl groups excluding tert-OH is 1. The molecule has 0 saturated carbocycles. The molecule has 0 fully saturated rings. The highest BCUT2D eigenvalue weighted by Gasteiger charge is 2.13. The minimum absolute atomic E-state index is 0.533. The summed E-state index contributed by atoms with van der Waals surface area (Å²) in [5.74, 6) is 1.29. The van der Waals surface area contributed by atoms with Gasteiger partial charge in [-0.2, -0.15) is 0 Å². The average molecular weight is 302 g/mol. The zero-order chi connectivity index (χ0) is 12.8. The van der Waals surface area contributed by atoms with Gasteiger partial charge in [-0.05, 0) is 30.7 Å². The number of methoxy groups -OCH3 is 1. The van der Waals surface area contributed by atoms with E-state index in [0.717, 1.165) is 16.6 Å². The molecule has 1 aromatic rings. The molecule has 2 N–H and O–H groups in total. The topological polar surface area (TPSA) is 41.5 Å². The van der Waals surface area contributed by atoms with Crippen LogP contribution in [0.25, 0.3) is 0 Å². The lowest BCUT2D eigenvalue weighted by atomic mass is 10.1. The number of ether oxygens (including phenoxy) is 1. The molecule has 96 valence electrons. The second kappa shape index (κ2) is 6.99. The minimum Gasteiger partial charge on any atom is -0.496 e. The second-order valence-corrected chi connectivity index (χ2v) is 5.37. The molecule has 1 rings (SSSR count). The third-order valence-corrected chi connectivity index (χ3v) is 2.93. The molecule has 3 nitrogen and oxygen atoms in total. The Bertz CT molecular complexity index is 355. The molecule has 0 amide bonds. The van der Waals surface area contributed by atoms with E-state index in [1.54, 1.807) is 7.11 Å². The molecule has 1 atom stereocenters. The van der Waals surface area contributed by atoms with Gasteiger partial charge in [-0.1, -0.05) is 29.8 Å². The van der Waals surface area contributed by atoms with Gasteiger partial charge in [0.05, 0.1) is 13.2 Å². The highest BCUT2D eigenvalue weighted by atomic mass is 79.9. The van der Waals surface area contributed by atoms with Crippen LogP contribution in [0.15, 0.2) is 22.7 Å². The Kier molecular flexibility index (Phi) is 5.95. The molecule has 0 aromatic heterocycles. The van der Waals surface area contributed by atoms with Crippen LogP contribution in [0.4, 0.5) is 0 Å². The summed E-state index contributed by atoms with van der Waals surface area (Å²) in [6.45, 7) is 5.70.